The average Bonchev–Trinajstić information content (AvgIpc) is 3.54. The topological polar surface area (TPSA) is 97.2 Å². The minimum atomic E-state index is -3.58. The van der Waals surface area contributed by atoms with Crippen LogP contribution >= 0.6 is 11.8 Å². The molecule has 0 saturated heterocycles. The largest absolute Gasteiger partial charge is 0.325 e. The van der Waals surface area contributed by atoms with E-state index in [4.69, 9.17) is 4.98 Å². The van der Waals surface area contributed by atoms with Crippen molar-refractivity contribution in [3.05, 3.63) is 60.4 Å². The minimum Gasteiger partial charge on any atom is -0.325 e. The maximum Gasteiger partial charge on any atom is 0.242 e. The van der Waals surface area contributed by atoms with E-state index in [-0.39, 0.29) is 10.8 Å². The zero-order chi connectivity index (χ0) is 22.9. The van der Waals surface area contributed by atoms with E-state index in [1.54, 1.807) is 19.1 Å². The van der Waals surface area contributed by atoms with Crippen LogP contribution < -0.4 is 5.32 Å². The molecule has 1 aliphatic rings. The van der Waals surface area contributed by atoms with E-state index in [2.05, 4.69) is 10.4 Å². The highest BCUT2D eigenvalue weighted by molar-refractivity contribution is 8.00. The third kappa shape index (κ3) is 4.87. The van der Waals surface area contributed by atoms with E-state index in [1.807, 2.05) is 35.0 Å². The van der Waals surface area contributed by atoms with Crippen molar-refractivity contribution in [2.45, 2.75) is 41.0 Å². The third-order valence-electron chi connectivity index (χ3n) is 5.09. The van der Waals surface area contributed by atoms with Crippen molar-refractivity contribution in [2.24, 2.45) is 0 Å². The van der Waals surface area contributed by atoms with Gasteiger partial charge in [0.25, 0.3) is 0 Å². The number of hydrogen-bond donors (Lipinski definition) is 1. The van der Waals surface area contributed by atoms with Crippen LogP contribution in [0, 0.1) is 0 Å². The number of thioether (sulfide) groups is 1. The minimum absolute atomic E-state index is 0.123. The standard InChI is InChI=1S/C22H25N5O3S2/c1-15(21(28)23-17-8-7-11-19(14-17)32(29,30)26(2)3)31-22-24-20(16-12-13-16)27(25-22)18-9-5-4-6-10-18/h4-11,14-16H,12-13H2,1-3H3,(H,23,28)/t15-/m1/s1. The highest BCUT2D eigenvalue weighted by Crippen LogP contribution is 2.40. The molecule has 1 fully saturated rings. The van der Waals surface area contributed by atoms with Crippen LogP contribution in [0.2, 0.25) is 0 Å². The lowest BCUT2D eigenvalue weighted by Crippen LogP contribution is -2.24. The molecule has 1 saturated carbocycles. The van der Waals surface area contributed by atoms with Crippen molar-refractivity contribution in [1.29, 1.82) is 0 Å². The van der Waals surface area contributed by atoms with Gasteiger partial charge in [0.1, 0.15) is 5.82 Å². The first-order valence-electron chi connectivity index (χ1n) is 10.3. The molecule has 0 aliphatic heterocycles. The van der Waals surface area contributed by atoms with E-state index >= 15 is 0 Å². The molecule has 32 heavy (non-hydrogen) atoms. The summed E-state index contributed by atoms with van der Waals surface area (Å²) < 4.78 is 27.7. The molecule has 0 spiro atoms. The molecule has 1 aliphatic carbocycles. The predicted octanol–water partition coefficient (Wildman–Crippen LogP) is 3.51. The van der Waals surface area contributed by atoms with Crippen LogP contribution in [0.3, 0.4) is 0 Å². The summed E-state index contributed by atoms with van der Waals surface area (Å²) in [4.78, 5) is 17.6. The fourth-order valence-electron chi connectivity index (χ4n) is 3.12. The molecular weight excluding hydrogens is 446 g/mol. The van der Waals surface area contributed by atoms with Gasteiger partial charge in [-0.05, 0) is 50.1 Å². The van der Waals surface area contributed by atoms with Gasteiger partial charge in [-0.25, -0.2) is 22.4 Å². The first kappa shape index (κ1) is 22.5. The highest BCUT2D eigenvalue weighted by Gasteiger charge is 2.31. The number of para-hydroxylation sites is 1. The lowest BCUT2D eigenvalue weighted by Gasteiger charge is -2.14. The Labute approximate surface area is 192 Å². The molecule has 10 heteroatoms. The van der Waals surface area contributed by atoms with E-state index in [0.717, 1.165) is 28.7 Å². The Balaban J connectivity index is 1.48. The molecular formula is C22H25N5O3S2. The molecule has 3 aromatic rings. The molecule has 1 amide bonds. The molecule has 8 nitrogen and oxygen atoms in total. The van der Waals surface area contributed by atoms with Crippen LogP contribution in [0.15, 0.2) is 64.6 Å². The maximum absolute atomic E-state index is 12.8. The predicted molar refractivity (Wildman–Crippen MR) is 125 cm³/mol. The van der Waals surface area contributed by atoms with E-state index in [9.17, 15) is 13.2 Å². The summed E-state index contributed by atoms with van der Waals surface area (Å²) in [5.41, 5.74) is 1.37. The van der Waals surface area contributed by atoms with E-state index in [1.165, 1.54) is 38.0 Å². The summed E-state index contributed by atoms with van der Waals surface area (Å²) in [6.07, 6.45) is 2.19. The van der Waals surface area contributed by atoms with Crippen LogP contribution in [0.25, 0.3) is 5.69 Å². The first-order valence-corrected chi connectivity index (χ1v) is 12.6. The number of sulfonamides is 1. The van der Waals surface area contributed by atoms with Crippen LogP contribution in [-0.4, -0.2) is 52.7 Å². The normalized spacial score (nSPS) is 15.0. The zero-order valence-corrected chi connectivity index (χ0v) is 19.7. The fraction of sp³-hybridized carbons (Fsp3) is 0.318. The Kier molecular flexibility index (Phi) is 6.36. The molecule has 1 atom stereocenters. The average molecular weight is 472 g/mol. The van der Waals surface area contributed by atoms with Crippen molar-refractivity contribution in [1.82, 2.24) is 19.1 Å². The van der Waals surface area contributed by atoms with Crippen molar-refractivity contribution in [2.75, 3.05) is 19.4 Å². The number of carbonyl (C=O) groups is 1. The molecule has 1 heterocycles. The van der Waals surface area contributed by atoms with Crippen LogP contribution in [0.1, 0.15) is 31.5 Å². The number of nitrogens with zero attached hydrogens (tertiary/aromatic N) is 4. The second-order valence-electron chi connectivity index (χ2n) is 7.84. The molecule has 1 aromatic heterocycles. The van der Waals surface area contributed by atoms with Gasteiger partial charge in [-0.1, -0.05) is 36.0 Å². The van der Waals surface area contributed by atoms with Crippen molar-refractivity contribution < 1.29 is 13.2 Å². The molecule has 0 radical (unpaired) electrons. The molecule has 0 bridgehead atoms. The van der Waals surface area contributed by atoms with Crippen molar-refractivity contribution in [3.63, 3.8) is 0 Å². The summed E-state index contributed by atoms with van der Waals surface area (Å²) in [5.74, 6) is 1.08. The summed E-state index contributed by atoms with van der Waals surface area (Å²) >= 11 is 1.28. The number of anilines is 1. The number of hydrogen-bond acceptors (Lipinski definition) is 6. The van der Waals surface area contributed by atoms with Crippen molar-refractivity contribution in [3.8, 4) is 5.69 Å². The fourth-order valence-corrected chi connectivity index (χ4v) is 4.83. The zero-order valence-electron chi connectivity index (χ0n) is 18.1. The number of amides is 1. The quantitative estimate of drug-likeness (QED) is 0.505. The van der Waals surface area contributed by atoms with Gasteiger partial charge in [-0.3, -0.25) is 4.79 Å². The molecule has 1 N–H and O–H groups in total. The molecule has 2 aromatic carbocycles. The summed E-state index contributed by atoms with van der Waals surface area (Å²) in [5, 5.41) is 7.51. The lowest BCUT2D eigenvalue weighted by atomic mass is 10.3. The van der Waals surface area contributed by atoms with Gasteiger partial charge < -0.3 is 5.32 Å². The van der Waals surface area contributed by atoms with Gasteiger partial charge in [-0.15, -0.1) is 5.10 Å². The number of benzene rings is 2. The second-order valence-corrected chi connectivity index (χ2v) is 11.3. The van der Waals surface area contributed by atoms with E-state index in [0.29, 0.717) is 16.8 Å². The van der Waals surface area contributed by atoms with Crippen molar-refractivity contribution >= 4 is 33.4 Å². The molecule has 4 rings (SSSR count). The Morgan fingerprint density at radius 3 is 2.53 bits per heavy atom. The number of carbonyl (C=O) groups excluding carboxylic acids is 1. The van der Waals surface area contributed by atoms with Gasteiger partial charge in [0.2, 0.25) is 21.1 Å². The Morgan fingerprint density at radius 2 is 1.88 bits per heavy atom. The van der Waals surface area contributed by atoms with E-state index < -0.39 is 15.3 Å². The Morgan fingerprint density at radius 1 is 1.16 bits per heavy atom. The highest BCUT2D eigenvalue weighted by atomic mass is 32.2. The summed E-state index contributed by atoms with van der Waals surface area (Å²) in [6.45, 7) is 1.78. The molecule has 168 valence electrons. The third-order valence-corrected chi connectivity index (χ3v) is 7.85. The van der Waals surface area contributed by atoms with Gasteiger partial charge in [0.15, 0.2) is 0 Å². The van der Waals surface area contributed by atoms with Crippen LogP contribution in [0.5, 0.6) is 0 Å². The first-order chi connectivity index (χ1) is 15.3. The monoisotopic (exact) mass is 471 g/mol. The SMILES string of the molecule is C[C@@H](Sc1nc(C2CC2)n(-c2ccccc2)n1)C(=O)Nc1cccc(S(=O)(=O)N(C)C)c1. The summed E-state index contributed by atoms with van der Waals surface area (Å²) in [6, 6.07) is 16.1. The number of aromatic nitrogens is 3. The number of nitrogens with one attached hydrogen (secondary N) is 1. The van der Waals surface area contributed by atoms with Crippen LogP contribution in [0.4, 0.5) is 5.69 Å². The molecule has 0 unspecified atom stereocenters. The smallest absolute Gasteiger partial charge is 0.242 e. The summed E-state index contributed by atoms with van der Waals surface area (Å²) in [7, 11) is -0.643. The van der Waals surface area contributed by atoms with Gasteiger partial charge in [-0.2, -0.15) is 0 Å². The van der Waals surface area contributed by atoms with Gasteiger partial charge >= 0.3 is 0 Å². The van der Waals surface area contributed by atoms with Gasteiger partial charge in [0, 0.05) is 25.7 Å². The maximum atomic E-state index is 12.8. The lowest BCUT2D eigenvalue weighted by molar-refractivity contribution is -0.115. The van der Waals surface area contributed by atoms with Gasteiger partial charge in [0.05, 0.1) is 15.8 Å². The Bertz CT molecular complexity index is 1220. The number of rotatable bonds is 8. The second kappa shape index (κ2) is 9.05. The Hall–Kier alpha value is -2.69. The van der Waals surface area contributed by atoms with Crippen LogP contribution in [-0.2, 0) is 14.8 Å².